The van der Waals surface area contributed by atoms with Crippen LogP contribution in [-0.2, 0) is 4.74 Å². The summed E-state index contributed by atoms with van der Waals surface area (Å²) in [6.45, 7) is 5.93. The van der Waals surface area contributed by atoms with Crippen molar-refractivity contribution in [2.75, 3.05) is 44.2 Å². The lowest BCUT2D eigenvalue weighted by molar-refractivity contribution is 0.124. The molecule has 5 heteroatoms. The number of hydrogen-bond donors (Lipinski definition) is 1. The second kappa shape index (κ2) is 6.13. The van der Waals surface area contributed by atoms with Crippen molar-refractivity contribution in [1.82, 2.24) is 10.2 Å². The summed E-state index contributed by atoms with van der Waals surface area (Å²) < 4.78 is 5.16. The maximum atomic E-state index is 11.0. The van der Waals surface area contributed by atoms with Gasteiger partial charge < -0.3 is 15.0 Å². The Balaban J connectivity index is 1.41. The summed E-state index contributed by atoms with van der Waals surface area (Å²) >= 11 is 0. The van der Waals surface area contributed by atoms with Crippen molar-refractivity contribution < 1.29 is 9.53 Å². The van der Waals surface area contributed by atoms with Gasteiger partial charge in [-0.1, -0.05) is 18.2 Å². The first-order valence-electron chi connectivity index (χ1n) is 7.28. The minimum Gasteiger partial charge on any atom is -0.444 e. The van der Waals surface area contributed by atoms with Crippen LogP contribution in [0.2, 0.25) is 0 Å². The number of hydrogen-bond acceptors (Lipinski definition) is 4. The number of carbonyl (C=O) groups is 1. The summed E-state index contributed by atoms with van der Waals surface area (Å²) in [5.41, 5.74) is 1.31. The number of cyclic esters (lactones) is 1. The lowest BCUT2D eigenvalue weighted by Gasteiger charge is -2.36. The van der Waals surface area contributed by atoms with Gasteiger partial charge in [-0.25, -0.2) is 4.79 Å². The Labute approximate surface area is 119 Å². The Morgan fingerprint density at radius 3 is 2.55 bits per heavy atom. The molecule has 5 nitrogen and oxygen atoms in total. The predicted octanol–water partition coefficient (Wildman–Crippen LogP) is 1.31. The Bertz CT molecular complexity index is 444. The summed E-state index contributed by atoms with van der Waals surface area (Å²) in [7, 11) is 0. The van der Waals surface area contributed by atoms with E-state index >= 15 is 0 Å². The van der Waals surface area contributed by atoms with E-state index in [1.807, 2.05) is 0 Å². The molecule has 20 heavy (non-hydrogen) atoms. The van der Waals surface area contributed by atoms with E-state index in [2.05, 4.69) is 45.4 Å². The van der Waals surface area contributed by atoms with E-state index in [1.54, 1.807) is 0 Å². The zero-order chi connectivity index (χ0) is 13.8. The van der Waals surface area contributed by atoms with Gasteiger partial charge in [-0.2, -0.15) is 0 Å². The fraction of sp³-hybridized carbons (Fsp3) is 0.533. The van der Waals surface area contributed by atoms with Crippen LogP contribution in [0, 0.1) is 0 Å². The van der Waals surface area contributed by atoms with Crippen LogP contribution in [0.3, 0.4) is 0 Å². The summed E-state index contributed by atoms with van der Waals surface area (Å²) in [4.78, 5) is 15.8. The molecule has 0 bridgehead atoms. The maximum absolute atomic E-state index is 11.0. The van der Waals surface area contributed by atoms with Crippen molar-refractivity contribution >= 4 is 11.8 Å². The number of nitrogens with one attached hydrogen (secondary N) is 1. The highest BCUT2D eigenvalue weighted by atomic mass is 16.6. The van der Waals surface area contributed by atoms with Gasteiger partial charge in [0.15, 0.2) is 0 Å². The number of benzene rings is 1. The van der Waals surface area contributed by atoms with Gasteiger partial charge in [-0.15, -0.1) is 0 Å². The highest BCUT2D eigenvalue weighted by molar-refractivity contribution is 5.69. The molecule has 2 heterocycles. The Morgan fingerprint density at radius 2 is 1.90 bits per heavy atom. The maximum Gasteiger partial charge on any atom is 0.407 e. The summed E-state index contributed by atoms with van der Waals surface area (Å²) in [5, 5.41) is 2.70. The minimum absolute atomic E-state index is 0.0506. The fourth-order valence-corrected chi connectivity index (χ4v) is 2.79. The standard InChI is InChI=1S/C15H21N3O2/c19-15-16-12-14(20-15)6-7-17-8-10-18(11-9-17)13-4-2-1-3-5-13/h1-5,14H,6-12H2,(H,16,19). The summed E-state index contributed by atoms with van der Waals surface area (Å²) in [6.07, 6.45) is 0.697. The van der Waals surface area contributed by atoms with Crippen molar-refractivity contribution in [2.24, 2.45) is 0 Å². The molecule has 2 aliphatic rings. The van der Waals surface area contributed by atoms with Crippen molar-refractivity contribution in [2.45, 2.75) is 12.5 Å². The van der Waals surface area contributed by atoms with Gasteiger partial charge >= 0.3 is 6.09 Å². The van der Waals surface area contributed by atoms with E-state index in [9.17, 15) is 4.79 Å². The average Bonchev–Trinajstić information content (AvgIpc) is 2.92. The quantitative estimate of drug-likeness (QED) is 0.900. The first-order chi connectivity index (χ1) is 9.81. The first-order valence-corrected chi connectivity index (χ1v) is 7.28. The molecule has 0 radical (unpaired) electrons. The van der Waals surface area contributed by atoms with Gasteiger partial charge in [-0.3, -0.25) is 4.90 Å². The monoisotopic (exact) mass is 275 g/mol. The molecule has 1 amide bonds. The number of rotatable bonds is 4. The molecular formula is C15H21N3O2. The van der Waals surface area contributed by atoms with E-state index in [4.69, 9.17) is 4.74 Å². The van der Waals surface area contributed by atoms with Gasteiger partial charge in [0.25, 0.3) is 0 Å². The van der Waals surface area contributed by atoms with Crippen LogP contribution in [0.25, 0.3) is 0 Å². The number of ether oxygens (including phenoxy) is 1. The van der Waals surface area contributed by atoms with Gasteiger partial charge in [0.1, 0.15) is 6.10 Å². The molecule has 1 aromatic carbocycles. The average molecular weight is 275 g/mol. The third kappa shape index (κ3) is 3.22. The van der Waals surface area contributed by atoms with E-state index in [-0.39, 0.29) is 12.2 Å². The number of para-hydroxylation sites is 1. The van der Waals surface area contributed by atoms with Gasteiger partial charge in [0.2, 0.25) is 0 Å². The van der Waals surface area contributed by atoms with Crippen molar-refractivity contribution in [3.05, 3.63) is 30.3 Å². The molecule has 0 saturated carbocycles. The molecule has 0 aromatic heterocycles. The molecule has 1 atom stereocenters. The fourth-order valence-electron chi connectivity index (χ4n) is 2.79. The zero-order valence-electron chi connectivity index (χ0n) is 11.6. The van der Waals surface area contributed by atoms with Crippen LogP contribution in [0.1, 0.15) is 6.42 Å². The highest BCUT2D eigenvalue weighted by Crippen LogP contribution is 2.16. The second-order valence-corrected chi connectivity index (χ2v) is 5.36. The third-order valence-electron chi connectivity index (χ3n) is 4.01. The number of carbonyl (C=O) groups excluding carboxylic acids is 1. The SMILES string of the molecule is O=C1NCC(CCN2CCN(c3ccccc3)CC2)O1. The van der Waals surface area contributed by atoms with E-state index in [0.29, 0.717) is 6.54 Å². The third-order valence-corrected chi connectivity index (χ3v) is 4.01. The normalized spacial score (nSPS) is 23.5. The number of piperazine rings is 1. The lowest BCUT2D eigenvalue weighted by Crippen LogP contribution is -2.47. The first kappa shape index (κ1) is 13.2. The van der Waals surface area contributed by atoms with Crippen LogP contribution in [0.4, 0.5) is 10.5 Å². The minimum atomic E-state index is -0.274. The van der Waals surface area contributed by atoms with Crippen LogP contribution in [-0.4, -0.2) is 56.4 Å². The molecule has 1 N–H and O–H groups in total. The summed E-state index contributed by atoms with van der Waals surface area (Å²) in [6, 6.07) is 10.6. The zero-order valence-corrected chi connectivity index (χ0v) is 11.6. The summed E-state index contributed by atoms with van der Waals surface area (Å²) in [5.74, 6) is 0. The Kier molecular flexibility index (Phi) is 4.06. The number of anilines is 1. The largest absolute Gasteiger partial charge is 0.444 e. The van der Waals surface area contributed by atoms with E-state index in [1.165, 1.54) is 5.69 Å². The topological polar surface area (TPSA) is 44.8 Å². The predicted molar refractivity (Wildman–Crippen MR) is 78.0 cm³/mol. The van der Waals surface area contributed by atoms with Crippen LogP contribution < -0.4 is 10.2 Å². The Morgan fingerprint density at radius 1 is 1.15 bits per heavy atom. The van der Waals surface area contributed by atoms with Crippen LogP contribution in [0.5, 0.6) is 0 Å². The van der Waals surface area contributed by atoms with Crippen LogP contribution in [0.15, 0.2) is 30.3 Å². The van der Waals surface area contributed by atoms with E-state index in [0.717, 1.165) is 39.1 Å². The highest BCUT2D eigenvalue weighted by Gasteiger charge is 2.24. The van der Waals surface area contributed by atoms with Crippen LogP contribution >= 0.6 is 0 Å². The van der Waals surface area contributed by atoms with Crippen molar-refractivity contribution in [3.63, 3.8) is 0 Å². The van der Waals surface area contributed by atoms with E-state index < -0.39 is 0 Å². The molecule has 2 saturated heterocycles. The smallest absolute Gasteiger partial charge is 0.407 e. The molecular weight excluding hydrogens is 254 g/mol. The lowest BCUT2D eigenvalue weighted by atomic mass is 10.2. The molecule has 2 aliphatic heterocycles. The van der Waals surface area contributed by atoms with Crippen molar-refractivity contribution in [3.8, 4) is 0 Å². The molecule has 1 unspecified atom stereocenters. The molecule has 108 valence electrons. The molecule has 0 spiro atoms. The Hall–Kier alpha value is -1.75. The number of nitrogens with zero attached hydrogens (tertiary/aromatic N) is 2. The molecule has 2 fully saturated rings. The van der Waals surface area contributed by atoms with Crippen molar-refractivity contribution in [1.29, 1.82) is 0 Å². The van der Waals surface area contributed by atoms with Gasteiger partial charge in [0.05, 0.1) is 6.54 Å². The number of alkyl carbamates (subject to hydrolysis) is 1. The number of amides is 1. The second-order valence-electron chi connectivity index (χ2n) is 5.36. The van der Waals surface area contributed by atoms with Gasteiger partial charge in [-0.05, 0) is 18.6 Å². The molecule has 1 aromatic rings. The molecule has 0 aliphatic carbocycles. The molecule has 3 rings (SSSR count). The van der Waals surface area contributed by atoms with Gasteiger partial charge in [0, 0.05) is 38.4 Å².